The number of hydrogen-bond acceptors (Lipinski definition) is 3. The van der Waals surface area contributed by atoms with E-state index in [1.54, 1.807) is 0 Å². The quantitative estimate of drug-likeness (QED) is 0.796. The average molecular weight is 347 g/mol. The fourth-order valence-corrected chi connectivity index (χ4v) is 2.68. The topological polar surface area (TPSA) is 49.6 Å². The molecule has 1 heterocycles. The molecule has 1 aromatic carbocycles. The number of nitrogens with two attached hydrogens (primary N) is 1. The van der Waals surface area contributed by atoms with E-state index in [1.807, 2.05) is 30.3 Å². The van der Waals surface area contributed by atoms with Crippen molar-refractivity contribution in [2.24, 2.45) is 5.73 Å². The maximum absolute atomic E-state index is 13.1. The van der Waals surface area contributed by atoms with Crippen molar-refractivity contribution in [3.63, 3.8) is 0 Å². The van der Waals surface area contributed by atoms with Crippen LogP contribution in [0.5, 0.6) is 0 Å². The Morgan fingerprint density at radius 3 is 2.25 bits per heavy atom. The van der Waals surface area contributed by atoms with E-state index in [4.69, 9.17) is 5.73 Å². The zero-order valence-corrected chi connectivity index (χ0v) is 13.2. The Bertz CT molecular complexity index is 533. The lowest BCUT2D eigenvalue weighted by Gasteiger charge is -2.37. The molecule has 0 aliphatic carbocycles. The SMILES string of the molecule is NC(Cc1ccccc1)C(=O)N1CCN(CC(F)(F)C(F)F)CC1. The van der Waals surface area contributed by atoms with Crippen LogP contribution in [0.15, 0.2) is 30.3 Å². The van der Waals surface area contributed by atoms with Crippen molar-refractivity contribution in [1.29, 1.82) is 0 Å². The number of alkyl halides is 4. The maximum atomic E-state index is 13.1. The van der Waals surface area contributed by atoms with Gasteiger partial charge in [0.1, 0.15) is 0 Å². The minimum absolute atomic E-state index is 0.131. The molecule has 1 unspecified atom stereocenters. The maximum Gasteiger partial charge on any atom is 0.319 e. The minimum Gasteiger partial charge on any atom is -0.339 e. The molecule has 8 heteroatoms. The normalized spacial score (nSPS) is 18.0. The summed E-state index contributed by atoms with van der Waals surface area (Å²) in [6, 6.07) is 8.62. The van der Waals surface area contributed by atoms with Gasteiger partial charge in [0.25, 0.3) is 0 Å². The highest BCUT2D eigenvalue weighted by molar-refractivity contribution is 5.82. The van der Waals surface area contributed by atoms with E-state index in [0.29, 0.717) is 6.42 Å². The number of amides is 1. The van der Waals surface area contributed by atoms with Gasteiger partial charge in [-0.3, -0.25) is 9.69 Å². The third-order valence-electron chi connectivity index (χ3n) is 4.05. The predicted molar refractivity (Wildman–Crippen MR) is 82.1 cm³/mol. The molecule has 1 aliphatic heterocycles. The summed E-state index contributed by atoms with van der Waals surface area (Å²) in [6.45, 7) is -0.317. The van der Waals surface area contributed by atoms with Crippen LogP contribution in [-0.4, -0.2) is 66.8 Å². The van der Waals surface area contributed by atoms with Crippen molar-refractivity contribution in [3.05, 3.63) is 35.9 Å². The number of halogens is 4. The second kappa shape index (κ2) is 7.94. The zero-order chi connectivity index (χ0) is 17.7. The van der Waals surface area contributed by atoms with Gasteiger partial charge in [-0.25, -0.2) is 8.78 Å². The summed E-state index contributed by atoms with van der Waals surface area (Å²) in [7, 11) is 0. The Morgan fingerprint density at radius 1 is 1.12 bits per heavy atom. The molecule has 0 radical (unpaired) electrons. The van der Waals surface area contributed by atoms with Gasteiger partial charge in [-0.05, 0) is 12.0 Å². The number of piperazine rings is 1. The van der Waals surface area contributed by atoms with Crippen LogP contribution in [0.25, 0.3) is 0 Å². The lowest BCUT2D eigenvalue weighted by Crippen LogP contribution is -2.55. The largest absolute Gasteiger partial charge is 0.339 e. The summed E-state index contributed by atoms with van der Waals surface area (Å²) in [4.78, 5) is 15.1. The first-order chi connectivity index (χ1) is 11.3. The third-order valence-corrected chi connectivity index (χ3v) is 4.05. The molecule has 0 saturated carbocycles. The van der Waals surface area contributed by atoms with Crippen LogP contribution in [0.1, 0.15) is 5.56 Å². The van der Waals surface area contributed by atoms with Crippen LogP contribution < -0.4 is 5.73 Å². The third kappa shape index (κ3) is 4.91. The van der Waals surface area contributed by atoms with Crippen LogP contribution in [0.2, 0.25) is 0 Å². The van der Waals surface area contributed by atoms with Gasteiger partial charge >= 0.3 is 12.3 Å². The highest BCUT2D eigenvalue weighted by Gasteiger charge is 2.42. The molecule has 1 saturated heterocycles. The molecule has 0 aromatic heterocycles. The van der Waals surface area contributed by atoms with Gasteiger partial charge in [0, 0.05) is 26.2 Å². The van der Waals surface area contributed by atoms with Crippen molar-refractivity contribution in [3.8, 4) is 0 Å². The minimum atomic E-state index is -4.03. The van der Waals surface area contributed by atoms with E-state index < -0.39 is 24.9 Å². The Morgan fingerprint density at radius 2 is 1.71 bits per heavy atom. The van der Waals surface area contributed by atoms with Gasteiger partial charge in [-0.2, -0.15) is 8.78 Å². The van der Waals surface area contributed by atoms with E-state index in [0.717, 1.165) is 5.56 Å². The number of rotatable bonds is 6. The number of hydrogen-bond donors (Lipinski definition) is 1. The summed E-state index contributed by atoms with van der Waals surface area (Å²) in [6.07, 6.45) is -3.29. The molecule has 4 nitrogen and oxygen atoms in total. The molecular weight excluding hydrogens is 326 g/mol. The van der Waals surface area contributed by atoms with E-state index >= 15 is 0 Å². The second-order valence-corrected chi connectivity index (χ2v) is 5.96. The van der Waals surface area contributed by atoms with E-state index in [1.165, 1.54) is 9.80 Å². The predicted octanol–water partition coefficient (Wildman–Crippen LogP) is 1.60. The van der Waals surface area contributed by atoms with Crippen molar-refractivity contribution in [2.45, 2.75) is 24.8 Å². The molecule has 1 aromatic rings. The van der Waals surface area contributed by atoms with Crippen LogP contribution in [0, 0.1) is 0 Å². The monoisotopic (exact) mass is 347 g/mol. The standard InChI is InChI=1S/C16H21F4N3O/c17-15(18)16(19,20)11-22-6-8-23(9-7-22)14(24)13(21)10-12-4-2-1-3-5-12/h1-5,13,15H,6-11,21H2. The van der Waals surface area contributed by atoms with Crippen LogP contribution in [0.3, 0.4) is 0 Å². The first kappa shape index (κ1) is 18.7. The Balaban J connectivity index is 1.82. The number of benzene rings is 1. The summed E-state index contributed by atoms with van der Waals surface area (Å²) in [5, 5.41) is 0. The molecule has 1 atom stereocenters. The van der Waals surface area contributed by atoms with Gasteiger partial charge in [0.05, 0.1) is 12.6 Å². The average Bonchev–Trinajstić information content (AvgIpc) is 2.55. The van der Waals surface area contributed by atoms with Crippen LogP contribution in [0.4, 0.5) is 17.6 Å². The molecule has 2 N–H and O–H groups in total. The first-order valence-electron chi connectivity index (χ1n) is 7.76. The van der Waals surface area contributed by atoms with Gasteiger partial charge in [0.2, 0.25) is 5.91 Å². The Kier molecular flexibility index (Phi) is 6.17. The van der Waals surface area contributed by atoms with Crippen molar-refractivity contribution < 1.29 is 22.4 Å². The number of carbonyl (C=O) groups excluding carboxylic acids is 1. The van der Waals surface area contributed by atoms with E-state index in [-0.39, 0.29) is 32.1 Å². The van der Waals surface area contributed by atoms with E-state index in [9.17, 15) is 22.4 Å². The summed E-state index contributed by atoms with van der Waals surface area (Å²) in [5.41, 5.74) is 6.87. The molecule has 0 bridgehead atoms. The van der Waals surface area contributed by atoms with Crippen molar-refractivity contribution in [1.82, 2.24) is 9.80 Å². The van der Waals surface area contributed by atoms with Gasteiger partial charge in [-0.1, -0.05) is 30.3 Å². The Labute approximate surface area is 138 Å². The second-order valence-electron chi connectivity index (χ2n) is 5.96. The van der Waals surface area contributed by atoms with Gasteiger partial charge in [-0.15, -0.1) is 0 Å². The molecule has 0 spiro atoms. The van der Waals surface area contributed by atoms with Crippen molar-refractivity contribution >= 4 is 5.91 Å². The van der Waals surface area contributed by atoms with Crippen LogP contribution in [-0.2, 0) is 11.2 Å². The number of nitrogens with zero attached hydrogens (tertiary/aromatic N) is 2. The van der Waals surface area contributed by atoms with Crippen LogP contribution >= 0.6 is 0 Å². The molecule has 2 rings (SSSR count). The highest BCUT2D eigenvalue weighted by Crippen LogP contribution is 2.24. The highest BCUT2D eigenvalue weighted by atomic mass is 19.3. The lowest BCUT2D eigenvalue weighted by atomic mass is 10.1. The fourth-order valence-electron chi connectivity index (χ4n) is 2.68. The van der Waals surface area contributed by atoms with Crippen molar-refractivity contribution in [2.75, 3.05) is 32.7 Å². The summed E-state index contributed by atoms with van der Waals surface area (Å²) >= 11 is 0. The van der Waals surface area contributed by atoms with Gasteiger partial charge < -0.3 is 10.6 Å². The molecule has 1 aliphatic rings. The smallest absolute Gasteiger partial charge is 0.319 e. The number of carbonyl (C=O) groups is 1. The van der Waals surface area contributed by atoms with E-state index in [2.05, 4.69) is 0 Å². The molecule has 24 heavy (non-hydrogen) atoms. The Hall–Kier alpha value is -1.67. The first-order valence-corrected chi connectivity index (χ1v) is 7.76. The zero-order valence-electron chi connectivity index (χ0n) is 13.2. The molecule has 134 valence electrons. The summed E-state index contributed by atoms with van der Waals surface area (Å²) < 4.78 is 50.6. The summed E-state index contributed by atoms with van der Waals surface area (Å²) in [5.74, 6) is -4.28. The molecule has 1 fully saturated rings. The molecule has 1 amide bonds. The lowest BCUT2D eigenvalue weighted by molar-refractivity contribution is -0.148. The molecular formula is C16H21F4N3O. The van der Waals surface area contributed by atoms with Gasteiger partial charge in [0.15, 0.2) is 0 Å². The fraction of sp³-hybridized carbons (Fsp3) is 0.562.